The fraction of sp³-hybridized carbons (Fsp3) is 0.565. The first kappa shape index (κ1) is 21.0. The normalized spacial score (nSPS) is 24.2. The third-order valence-corrected chi connectivity index (χ3v) is 9.36. The number of hydrogen-bond donors (Lipinski definition) is 0. The van der Waals surface area contributed by atoms with Gasteiger partial charge in [0.15, 0.2) is 9.84 Å². The highest BCUT2D eigenvalue weighted by Gasteiger charge is 2.43. The third kappa shape index (κ3) is 4.82. The summed E-state index contributed by atoms with van der Waals surface area (Å²) in [5, 5.41) is 0.401. The van der Waals surface area contributed by atoms with Crippen LogP contribution in [0.15, 0.2) is 41.6 Å². The van der Waals surface area contributed by atoms with Crippen LogP contribution in [0.2, 0.25) is 5.02 Å². The summed E-state index contributed by atoms with van der Waals surface area (Å²) in [5.74, 6) is 3.86. The van der Waals surface area contributed by atoms with Gasteiger partial charge in [0, 0.05) is 13.1 Å². The summed E-state index contributed by atoms with van der Waals surface area (Å²) in [7, 11) is -3.12. The SMILES string of the molecule is O=S(=O)(c1ccc(OCC[C@H]2C[C@H]2C2CCN(c3ncc(Cl)cn3)CC2)cc1)C1CC1. The highest BCUT2D eigenvalue weighted by atomic mass is 35.5. The Morgan fingerprint density at radius 2 is 1.71 bits per heavy atom. The van der Waals surface area contributed by atoms with Gasteiger partial charge >= 0.3 is 0 Å². The van der Waals surface area contributed by atoms with Gasteiger partial charge in [-0.25, -0.2) is 18.4 Å². The summed E-state index contributed by atoms with van der Waals surface area (Å²) in [5.41, 5.74) is 0. The minimum absolute atomic E-state index is 0.170. The van der Waals surface area contributed by atoms with Crippen molar-refractivity contribution >= 4 is 27.4 Å². The number of benzene rings is 1. The van der Waals surface area contributed by atoms with E-state index in [9.17, 15) is 8.42 Å². The number of piperidine rings is 1. The molecule has 0 N–H and O–H groups in total. The quantitative estimate of drug-likeness (QED) is 0.580. The molecule has 0 unspecified atom stereocenters. The zero-order valence-corrected chi connectivity index (χ0v) is 19.1. The van der Waals surface area contributed by atoms with Crippen LogP contribution in [0.5, 0.6) is 5.75 Å². The summed E-state index contributed by atoms with van der Waals surface area (Å²) < 4.78 is 30.4. The van der Waals surface area contributed by atoms with E-state index in [-0.39, 0.29) is 5.25 Å². The first-order valence-electron chi connectivity index (χ1n) is 11.2. The van der Waals surface area contributed by atoms with Gasteiger partial charge in [-0.2, -0.15) is 0 Å². The van der Waals surface area contributed by atoms with E-state index in [1.807, 2.05) is 0 Å². The number of halogens is 1. The number of nitrogens with zero attached hydrogens (tertiary/aromatic N) is 3. The second kappa shape index (κ2) is 8.58. The molecule has 0 spiro atoms. The van der Waals surface area contributed by atoms with Crippen LogP contribution in [0.4, 0.5) is 5.95 Å². The van der Waals surface area contributed by atoms with Crippen LogP contribution in [0.25, 0.3) is 0 Å². The van der Waals surface area contributed by atoms with Crippen molar-refractivity contribution in [1.29, 1.82) is 0 Å². The van der Waals surface area contributed by atoms with Crippen LogP contribution in [-0.4, -0.2) is 43.3 Å². The van der Waals surface area contributed by atoms with Gasteiger partial charge in [-0.15, -0.1) is 0 Å². The number of sulfone groups is 1. The molecule has 166 valence electrons. The molecule has 31 heavy (non-hydrogen) atoms. The standard InChI is InChI=1S/C23H28ClN3O3S/c24-18-14-25-23(26-15-18)27-10-7-16(8-11-27)22-13-17(22)9-12-30-19-1-3-20(4-2-19)31(28,29)21-5-6-21/h1-4,14-17,21-22H,5-13H2/t17-,22-/m0/s1. The molecule has 8 heteroatoms. The smallest absolute Gasteiger partial charge is 0.225 e. The first-order chi connectivity index (χ1) is 15.0. The van der Waals surface area contributed by atoms with Crippen LogP contribution in [0.1, 0.15) is 38.5 Å². The third-order valence-electron chi connectivity index (χ3n) is 6.88. The van der Waals surface area contributed by atoms with Crippen LogP contribution >= 0.6 is 11.6 Å². The highest BCUT2D eigenvalue weighted by molar-refractivity contribution is 7.92. The molecule has 6 nitrogen and oxygen atoms in total. The second-order valence-electron chi connectivity index (χ2n) is 9.04. The molecule has 1 aromatic heterocycles. The summed E-state index contributed by atoms with van der Waals surface area (Å²) in [4.78, 5) is 11.3. The molecule has 0 radical (unpaired) electrons. The largest absolute Gasteiger partial charge is 0.494 e. The molecule has 0 amide bonds. The van der Waals surface area contributed by atoms with Crippen molar-refractivity contribution < 1.29 is 13.2 Å². The number of ether oxygens (including phenoxy) is 1. The van der Waals surface area contributed by atoms with E-state index in [2.05, 4.69) is 14.9 Å². The van der Waals surface area contributed by atoms with E-state index >= 15 is 0 Å². The molecule has 0 bridgehead atoms. The molecule has 2 aromatic rings. The molecule has 1 aromatic carbocycles. The van der Waals surface area contributed by atoms with Gasteiger partial charge in [-0.3, -0.25) is 0 Å². The van der Waals surface area contributed by atoms with E-state index in [1.54, 1.807) is 36.7 Å². The number of rotatable bonds is 8. The second-order valence-corrected chi connectivity index (χ2v) is 11.7. The average Bonchev–Trinajstić information content (AvgIpc) is 3.69. The van der Waals surface area contributed by atoms with Crippen molar-refractivity contribution in [2.45, 2.75) is 48.7 Å². The Labute approximate surface area is 188 Å². The molecule has 3 fully saturated rings. The maximum absolute atomic E-state index is 12.3. The van der Waals surface area contributed by atoms with Crippen LogP contribution < -0.4 is 9.64 Å². The molecule has 3 aliphatic rings. The van der Waals surface area contributed by atoms with Crippen molar-refractivity contribution in [2.75, 3.05) is 24.6 Å². The number of anilines is 1. The Balaban J connectivity index is 1.04. The van der Waals surface area contributed by atoms with Gasteiger partial charge in [0.2, 0.25) is 5.95 Å². The molecular weight excluding hydrogens is 434 g/mol. The lowest BCUT2D eigenvalue weighted by Gasteiger charge is -2.32. The fourth-order valence-corrected chi connectivity index (χ4v) is 6.56. The van der Waals surface area contributed by atoms with Gasteiger partial charge < -0.3 is 9.64 Å². The van der Waals surface area contributed by atoms with Crippen molar-refractivity contribution in [3.8, 4) is 5.75 Å². The first-order valence-corrected chi connectivity index (χ1v) is 13.1. The monoisotopic (exact) mass is 461 g/mol. The molecule has 2 heterocycles. The predicted molar refractivity (Wildman–Crippen MR) is 120 cm³/mol. The number of hydrogen-bond acceptors (Lipinski definition) is 6. The lowest BCUT2D eigenvalue weighted by atomic mass is 9.90. The summed E-state index contributed by atoms with van der Waals surface area (Å²) in [6.07, 6.45) is 9.63. The maximum Gasteiger partial charge on any atom is 0.225 e. The summed E-state index contributed by atoms with van der Waals surface area (Å²) in [6, 6.07) is 6.94. The molecule has 2 aliphatic carbocycles. The van der Waals surface area contributed by atoms with Gasteiger partial charge in [0.05, 0.1) is 34.2 Å². The Bertz CT molecular complexity index is 1000. The van der Waals surface area contributed by atoms with Crippen LogP contribution in [0, 0.1) is 17.8 Å². The fourth-order valence-electron chi connectivity index (χ4n) is 4.80. The number of aromatic nitrogens is 2. The molecule has 2 saturated carbocycles. The Kier molecular flexibility index (Phi) is 5.82. The zero-order valence-electron chi connectivity index (χ0n) is 17.5. The summed E-state index contributed by atoms with van der Waals surface area (Å²) in [6.45, 7) is 2.69. The van der Waals surface area contributed by atoms with Gasteiger partial charge in [-0.05, 0) is 80.5 Å². The molecule has 5 rings (SSSR count). The Hall–Kier alpha value is -1.86. The van der Waals surface area contributed by atoms with Gasteiger partial charge in [0.25, 0.3) is 0 Å². The van der Waals surface area contributed by atoms with E-state index < -0.39 is 9.84 Å². The van der Waals surface area contributed by atoms with Gasteiger partial charge in [-0.1, -0.05) is 11.6 Å². The van der Waals surface area contributed by atoms with E-state index in [0.29, 0.717) is 16.5 Å². The van der Waals surface area contributed by atoms with E-state index in [1.165, 1.54) is 19.3 Å². The topological polar surface area (TPSA) is 72.4 Å². The lowest BCUT2D eigenvalue weighted by molar-refractivity contribution is 0.284. The maximum atomic E-state index is 12.3. The van der Waals surface area contributed by atoms with Gasteiger partial charge in [0.1, 0.15) is 5.75 Å². The van der Waals surface area contributed by atoms with Crippen LogP contribution in [-0.2, 0) is 9.84 Å². The van der Waals surface area contributed by atoms with E-state index in [0.717, 1.165) is 61.8 Å². The summed E-state index contributed by atoms with van der Waals surface area (Å²) >= 11 is 5.88. The molecule has 2 atom stereocenters. The molecule has 1 aliphatic heterocycles. The predicted octanol–water partition coefficient (Wildman–Crippen LogP) is 4.39. The Morgan fingerprint density at radius 3 is 2.35 bits per heavy atom. The minimum Gasteiger partial charge on any atom is -0.494 e. The van der Waals surface area contributed by atoms with E-state index in [4.69, 9.17) is 16.3 Å². The minimum atomic E-state index is -3.12. The van der Waals surface area contributed by atoms with Crippen molar-refractivity contribution in [3.63, 3.8) is 0 Å². The van der Waals surface area contributed by atoms with Crippen LogP contribution in [0.3, 0.4) is 0 Å². The lowest BCUT2D eigenvalue weighted by Crippen LogP contribution is -2.35. The van der Waals surface area contributed by atoms with Crippen molar-refractivity contribution in [3.05, 3.63) is 41.7 Å². The average molecular weight is 462 g/mol. The van der Waals surface area contributed by atoms with Crippen molar-refractivity contribution in [2.24, 2.45) is 17.8 Å². The highest BCUT2D eigenvalue weighted by Crippen LogP contribution is 2.49. The zero-order chi connectivity index (χ0) is 21.4. The Morgan fingerprint density at radius 1 is 1.03 bits per heavy atom. The molecule has 1 saturated heterocycles. The molecular formula is C23H28ClN3O3S. The van der Waals surface area contributed by atoms with Crippen molar-refractivity contribution in [1.82, 2.24) is 9.97 Å².